The van der Waals surface area contributed by atoms with E-state index in [1.807, 2.05) is 24.3 Å². The van der Waals surface area contributed by atoms with E-state index < -0.39 is 0 Å². The van der Waals surface area contributed by atoms with Crippen molar-refractivity contribution in [2.45, 2.75) is 6.54 Å². The van der Waals surface area contributed by atoms with Crippen molar-refractivity contribution in [3.05, 3.63) is 50.7 Å². The molecule has 0 bridgehead atoms. The molecular weight excluding hydrogens is 351 g/mol. The molecule has 2 rings (SSSR count). The highest BCUT2D eigenvalue weighted by Crippen LogP contribution is 2.29. The van der Waals surface area contributed by atoms with Crippen molar-refractivity contribution < 1.29 is 4.74 Å². The highest BCUT2D eigenvalue weighted by atomic mass is 79.9. The first-order valence-corrected chi connectivity index (χ1v) is 7.03. The van der Waals surface area contributed by atoms with Crippen LogP contribution in [0.25, 0.3) is 0 Å². The second-order valence-corrected chi connectivity index (χ2v) is 5.45. The summed E-state index contributed by atoms with van der Waals surface area (Å²) in [7, 11) is 1.61. The van der Waals surface area contributed by atoms with Crippen LogP contribution < -0.4 is 10.1 Å². The third kappa shape index (κ3) is 3.53. The number of pyridine rings is 1. The van der Waals surface area contributed by atoms with Crippen LogP contribution in [-0.4, -0.2) is 12.1 Å². The van der Waals surface area contributed by atoms with E-state index in [0.29, 0.717) is 16.7 Å². The number of hydrogen-bond acceptors (Lipinski definition) is 3. The van der Waals surface area contributed by atoms with Gasteiger partial charge in [0.1, 0.15) is 5.75 Å². The van der Waals surface area contributed by atoms with Crippen molar-refractivity contribution in [2.75, 3.05) is 12.4 Å². The minimum Gasteiger partial charge on any atom is -0.496 e. The number of benzene rings is 1. The average molecular weight is 362 g/mol. The fourth-order valence-electron chi connectivity index (χ4n) is 1.63. The maximum absolute atomic E-state index is 6.17. The van der Waals surface area contributed by atoms with Crippen LogP contribution in [0, 0.1) is 0 Å². The summed E-state index contributed by atoms with van der Waals surface area (Å²) in [6, 6.07) is 7.39. The number of nitrogens with one attached hydrogen (secondary N) is 1. The molecule has 0 amide bonds. The monoisotopic (exact) mass is 360 g/mol. The fourth-order valence-corrected chi connectivity index (χ4v) is 2.37. The van der Waals surface area contributed by atoms with Crippen molar-refractivity contribution in [3.8, 4) is 5.75 Å². The van der Waals surface area contributed by atoms with Crippen LogP contribution in [0.3, 0.4) is 0 Å². The topological polar surface area (TPSA) is 34.1 Å². The molecule has 0 saturated carbocycles. The van der Waals surface area contributed by atoms with Gasteiger partial charge in [-0.05, 0) is 34.1 Å². The molecule has 0 atom stereocenters. The Morgan fingerprint density at radius 2 is 2.16 bits per heavy atom. The molecule has 0 unspecified atom stereocenters. The lowest BCUT2D eigenvalue weighted by Gasteiger charge is -2.13. The van der Waals surface area contributed by atoms with Crippen molar-refractivity contribution in [3.63, 3.8) is 0 Å². The molecule has 1 heterocycles. The van der Waals surface area contributed by atoms with Crippen molar-refractivity contribution in [2.24, 2.45) is 0 Å². The second-order valence-electron chi connectivity index (χ2n) is 3.77. The zero-order chi connectivity index (χ0) is 13.8. The van der Waals surface area contributed by atoms with Gasteiger partial charge in [0.25, 0.3) is 0 Å². The number of aromatic nitrogens is 1. The zero-order valence-corrected chi connectivity index (χ0v) is 13.2. The number of halogens is 3. The highest BCUT2D eigenvalue weighted by Gasteiger charge is 2.09. The first-order chi connectivity index (χ1) is 9.11. The molecule has 0 radical (unpaired) electrons. The summed E-state index contributed by atoms with van der Waals surface area (Å²) in [5, 5.41) is 4.25. The summed E-state index contributed by atoms with van der Waals surface area (Å²) in [4.78, 5) is 4.05. The molecule has 1 aromatic heterocycles. The van der Waals surface area contributed by atoms with Crippen LogP contribution in [0.15, 0.2) is 34.9 Å². The predicted molar refractivity (Wildman–Crippen MR) is 82.3 cm³/mol. The lowest BCUT2D eigenvalue weighted by atomic mass is 10.2. The average Bonchev–Trinajstić information content (AvgIpc) is 2.40. The molecule has 0 aliphatic rings. The molecule has 0 saturated heterocycles. The summed E-state index contributed by atoms with van der Waals surface area (Å²) in [5.41, 5.74) is 1.61. The van der Waals surface area contributed by atoms with E-state index in [1.165, 1.54) is 0 Å². The molecule has 3 nitrogen and oxygen atoms in total. The molecule has 0 fully saturated rings. The third-order valence-electron chi connectivity index (χ3n) is 2.56. The third-order valence-corrected chi connectivity index (χ3v) is 3.65. The van der Waals surface area contributed by atoms with Gasteiger partial charge in [0, 0.05) is 27.8 Å². The Kier molecular flexibility index (Phi) is 4.91. The number of hydrogen-bond donors (Lipinski definition) is 1. The van der Waals surface area contributed by atoms with Gasteiger partial charge in [0.05, 0.1) is 12.8 Å². The van der Waals surface area contributed by atoms with Gasteiger partial charge in [0.2, 0.25) is 0 Å². The summed E-state index contributed by atoms with van der Waals surface area (Å²) < 4.78 is 6.14. The number of nitrogens with zero attached hydrogens (tertiary/aromatic N) is 1. The van der Waals surface area contributed by atoms with Crippen LogP contribution in [0.4, 0.5) is 5.69 Å². The SMILES string of the molecule is COc1cccc(Cl)c1CNc1cc(Br)cnc1Cl. The maximum Gasteiger partial charge on any atom is 0.152 e. The van der Waals surface area contributed by atoms with Gasteiger partial charge >= 0.3 is 0 Å². The van der Waals surface area contributed by atoms with Crippen LogP contribution in [0.5, 0.6) is 5.75 Å². The summed E-state index contributed by atoms with van der Waals surface area (Å²) >= 11 is 15.5. The number of rotatable bonds is 4. The van der Waals surface area contributed by atoms with E-state index in [-0.39, 0.29) is 0 Å². The Bertz CT molecular complexity index is 593. The number of ether oxygens (including phenoxy) is 1. The molecule has 0 spiro atoms. The van der Waals surface area contributed by atoms with Gasteiger partial charge in [-0.3, -0.25) is 0 Å². The highest BCUT2D eigenvalue weighted by molar-refractivity contribution is 9.10. The first kappa shape index (κ1) is 14.4. The fraction of sp³-hybridized carbons (Fsp3) is 0.154. The summed E-state index contributed by atoms with van der Waals surface area (Å²) in [6.45, 7) is 0.501. The molecular formula is C13H11BrCl2N2O. The predicted octanol–water partition coefficient (Wildman–Crippen LogP) is 4.77. The van der Waals surface area contributed by atoms with Gasteiger partial charge in [-0.25, -0.2) is 4.98 Å². The Hall–Kier alpha value is -0.970. The van der Waals surface area contributed by atoms with E-state index >= 15 is 0 Å². The molecule has 100 valence electrons. The van der Waals surface area contributed by atoms with E-state index in [4.69, 9.17) is 27.9 Å². The van der Waals surface area contributed by atoms with Crippen LogP contribution in [0.2, 0.25) is 10.2 Å². The minimum absolute atomic E-state index is 0.411. The van der Waals surface area contributed by atoms with Gasteiger partial charge in [0.15, 0.2) is 5.15 Å². The Balaban J connectivity index is 2.21. The molecule has 6 heteroatoms. The maximum atomic E-state index is 6.17. The van der Waals surface area contributed by atoms with E-state index in [2.05, 4.69) is 26.2 Å². The van der Waals surface area contributed by atoms with E-state index in [9.17, 15) is 0 Å². The van der Waals surface area contributed by atoms with Gasteiger partial charge < -0.3 is 10.1 Å². The van der Waals surface area contributed by atoms with Gasteiger partial charge in [-0.1, -0.05) is 29.3 Å². The standard InChI is InChI=1S/C13H11BrCl2N2O/c1-19-12-4-2-3-10(15)9(12)7-17-11-5-8(14)6-18-13(11)16/h2-6,17H,7H2,1H3. The largest absolute Gasteiger partial charge is 0.496 e. The van der Waals surface area contributed by atoms with Crippen LogP contribution >= 0.6 is 39.1 Å². The number of anilines is 1. The molecule has 2 aromatic rings. The Morgan fingerprint density at radius 1 is 1.37 bits per heavy atom. The Labute approximate surface area is 130 Å². The zero-order valence-electron chi connectivity index (χ0n) is 10.1. The quantitative estimate of drug-likeness (QED) is 0.796. The van der Waals surface area contributed by atoms with Gasteiger partial charge in [-0.2, -0.15) is 0 Å². The smallest absolute Gasteiger partial charge is 0.152 e. The summed E-state index contributed by atoms with van der Waals surface area (Å²) in [5.74, 6) is 0.735. The minimum atomic E-state index is 0.411. The van der Waals surface area contributed by atoms with Gasteiger partial charge in [-0.15, -0.1) is 0 Å². The number of methoxy groups -OCH3 is 1. The van der Waals surface area contributed by atoms with Crippen molar-refractivity contribution in [1.82, 2.24) is 4.98 Å². The molecule has 1 N–H and O–H groups in total. The second kappa shape index (κ2) is 6.46. The molecule has 0 aliphatic heterocycles. The molecule has 19 heavy (non-hydrogen) atoms. The van der Waals surface area contributed by atoms with Crippen molar-refractivity contribution >= 4 is 44.8 Å². The van der Waals surface area contributed by atoms with Crippen LogP contribution in [0.1, 0.15) is 5.56 Å². The van der Waals surface area contributed by atoms with E-state index in [1.54, 1.807) is 13.3 Å². The van der Waals surface area contributed by atoms with Crippen molar-refractivity contribution in [1.29, 1.82) is 0 Å². The van der Waals surface area contributed by atoms with Crippen LogP contribution in [-0.2, 0) is 6.54 Å². The molecule has 0 aliphatic carbocycles. The summed E-state index contributed by atoms with van der Waals surface area (Å²) in [6.07, 6.45) is 1.64. The lowest BCUT2D eigenvalue weighted by molar-refractivity contribution is 0.410. The normalized spacial score (nSPS) is 10.3. The Morgan fingerprint density at radius 3 is 2.89 bits per heavy atom. The lowest BCUT2D eigenvalue weighted by Crippen LogP contribution is -2.03. The van der Waals surface area contributed by atoms with E-state index in [0.717, 1.165) is 21.5 Å². The first-order valence-electron chi connectivity index (χ1n) is 5.48. The molecule has 1 aromatic carbocycles.